The van der Waals surface area contributed by atoms with Crippen LogP contribution in [0.5, 0.6) is 0 Å². The molecule has 1 aliphatic rings. The highest BCUT2D eigenvalue weighted by atomic mass is 16.1. The summed E-state index contributed by atoms with van der Waals surface area (Å²) >= 11 is 0. The zero-order chi connectivity index (χ0) is 13.4. The van der Waals surface area contributed by atoms with Crippen LogP contribution in [0.1, 0.15) is 52.9 Å². The Hall–Kier alpha value is -0.570. The van der Waals surface area contributed by atoms with E-state index in [-0.39, 0.29) is 5.91 Å². The molecule has 1 saturated heterocycles. The number of likely N-dealkylation sites (tertiary alicyclic amines) is 1. The Balaban J connectivity index is 2.10. The third kappa shape index (κ3) is 6.39. The van der Waals surface area contributed by atoms with Crippen molar-refractivity contribution >= 4 is 5.91 Å². The average molecular weight is 254 g/mol. The van der Waals surface area contributed by atoms with Crippen molar-refractivity contribution in [1.82, 2.24) is 10.2 Å². The van der Waals surface area contributed by atoms with Crippen molar-refractivity contribution in [2.24, 2.45) is 11.8 Å². The van der Waals surface area contributed by atoms with Crippen LogP contribution in [0.2, 0.25) is 0 Å². The molecule has 106 valence electrons. The summed E-state index contributed by atoms with van der Waals surface area (Å²) in [5.41, 5.74) is 0. The fourth-order valence-corrected chi connectivity index (χ4v) is 2.57. The lowest BCUT2D eigenvalue weighted by Crippen LogP contribution is -2.39. The molecule has 0 radical (unpaired) electrons. The van der Waals surface area contributed by atoms with Gasteiger partial charge in [-0.3, -0.25) is 4.79 Å². The topological polar surface area (TPSA) is 32.3 Å². The average Bonchev–Trinajstić information content (AvgIpc) is 2.35. The van der Waals surface area contributed by atoms with Crippen molar-refractivity contribution in [2.45, 2.75) is 52.9 Å². The van der Waals surface area contributed by atoms with Gasteiger partial charge in [-0.25, -0.2) is 0 Å². The molecule has 0 unspecified atom stereocenters. The number of nitrogens with one attached hydrogen (secondary N) is 1. The molecule has 0 spiro atoms. The van der Waals surface area contributed by atoms with E-state index < -0.39 is 0 Å². The largest absolute Gasteiger partial charge is 0.356 e. The van der Waals surface area contributed by atoms with E-state index in [2.05, 4.69) is 31.0 Å². The van der Waals surface area contributed by atoms with Crippen LogP contribution in [0, 0.1) is 11.8 Å². The maximum Gasteiger partial charge on any atom is 0.220 e. The van der Waals surface area contributed by atoms with Crippen LogP contribution >= 0.6 is 0 Å². The smallest absolute Gasteiger partial charge is 0.220 e. The Kier molecular flexibility index (Phi) is 7.33. The number of hydrogen-bond donors (Lipinski definition) is 1. The van der Waals surface area contributed by atoms with Crippen molar-refractivity contribution < 1.29 is 4.79 Å². The van der Waals surface area contributed by atoms with Crippen LogP contribution in [0.3, 0.4) is 0 Å². The zero-order valence-electron chi connectivity index (χ0n) is 12.4. The van der Waals surface area contributed by atoms with Crippen LogP contribution in [-0.4, -0.2) is 37.0 Å². The summed E-state index contributed by atoms with van der Waals surface area (Å²) in [7, 11) is 0. The second-order valence-electron chi connectivity index (χ2n) is 6.05. The van der Waals surface area contributed by atoms with Crippen LogP contribution in [0.4, 0.5) is 0 Å². The predicted octanol–water partition coefficient (Wildman–Crippen LogP) is 2.66. The molecule has 0 saturated carbocycles. The number of rotatable bonds is 7. The Morgan fingerprint density at radius 3 is 2.56 bits per heavy atom. The second-order valence-corrected chi connectivity index (χ2v) is 6.05. The van der Waals surface area contributed by atoms with Crippen molar-refractivity contribution in [3.8, 4) is 0 Å². The highest BCUT2D eigenvalue weighted by Gasteiger charge is 2.19. The number of carbonyl (C=O) groups excluding carboxylic acids is 1. The molecule has 3 nitrogen and oxygen atoms in total. The molecule has 1 heterocycles. The van der Waals surface area contributed by atoms with Gasteiger partial charge in [-0.2, -0.15) is 0 Å². The van der Waals surface area contributed by atoms with Crippen molar-refractivity contribution in [1.29, 1.82) is 0 Å². The minimum absolute atomic E-state index is 0.237. The third-order valence-electron chi connectivity index (χ3n) is 3.68. The minimum atomic E-state index is 0.237. The summed E-state index contributed by atoms with van der Waals surface area (Å²) in [6, 6.07) is 0. The lowest BCUT2D eigenvalue weighted by Gasteiger charge is -2.33. The number of unbranched alkanes of at least 4 members (excludes halogenated alkanes) is 1. The van der Waals surface area contributed by atoms with Crippen LogP contribution in [0.25, 0.3) is 0 Å². The van der Waals surface area contributed by atoms with E-state index in [9.17, 15) is 4.79 Å². The Morgan fingerprint density at radius 2 is 2.00 bits per heavy atom. The molecular formula is C15H30N2O. The molecular weight excluding hydrogens is 224 g/mol. The van der Waals surface area contributed by atoms with Gasteiger partial charge in [-0.05, 0) is 44.2 Å². The summed E-state index contributed by atoms with van der Waals surface area (Å²) in [6.07, 6.45) is 5.28. The molecule has 1 rings (SSSR count). The molecule has 0 bridgehead atoms. The van der Waals surface area contributed by atoms with Gasteiger partial charge >= 0.3 is 0 Å². The maximum absolute atomic E-state index is 11.5. The minimum Gasteiger partial charge on any atom is -0.356 e. The first-order chi connectivity index (χ1) is 8.61. The standard InChI is InChI=1S/C15H30N2O/c1-4-5-6-15(18)16-11-14-7-9-17(10-8-14)12-13(2)3/h13-14H,4-12H2,1-3H3,(H,16,18). The number of hydrogen-bond acceptors (Lipinski definition) is 2. The molecule has 18 heavy (non-hydrogen) atoms. The van der Waals surface area contributed by atoms with Gasteiger partial charge in [0.15, 0.2) is 0 Å². The number of piperidine rings is 1. The molecule has 1 aliphatic heterocycles. The quantitative estimate of drug-likeness (QED) is 0.757. The van der Waals surface area contributed by atoms with E-state index in [1.807, 2.05) is 0 Å². The normalized spacial score (nSPS) is 18.2. The molecule has 0 aromatic heterocycles. The van der Waals surface area contributed by atoms with E-state index in [1.54, 1.807) is 0 Å². The first-order valence-electron chi connectivity index (χ1n) is 7.60. The third-order valence-corrected chi connectivity index (χ3v) is 3.68. The lowest BCUT2D eigenvalue weighted by atomic mass is 9.96. The number of nitrogens with zero attached hydrogens (tertiary/aromatic N) is 1. The highest BCUT2D eigenvalue weighted by molar-refractivity contribution is 5.75. The van der Waals surface area contributed by atoms with E-state index in [0.29, 0.717) is 12.3 Å². The van der Waals surface area contributed by atoms with Crippen molar-refractivity contribution in [2.75, 3.05) is 26.2 Å². The summed E-state index contributed by atoms with van der Waals surface area (Å²) in [5.74, 6) is 1.69. The van der Waals surface area contributed by atoms with Crippen LogP contribution < -0.4 is 5.32 Å². The van der Waals surface area contributed by atoms with Crippen molar-refractivity contribution in [3.05, 3.63) is 0 Å². The molecule has 0 atom stereocenters. The maximum atomic E-state index is 11.5. The van der Waals surface area contributed by atoms with Gasteiger partial charge in [0.05, 0.1) is 0 Å². The van der Waals surface area contributed by atoms with Crippen LogP contribution in [0.15, 0.2) is 0 Å². The fourth-order valence-electron chi connectivity index (χ4n) is 2.57. The number of carbonyl (C=O) groups is 1. The zero-order valence-corrected chi connectivity index (χ0v) is 12.4. The summed E-state index contributed by atoms with van der Waals surface area (Å²) in [6.45, 7) is 11.2. The van der Waals surface area contributed by atoms with E-state index in [4.69, 9.17) is 0 Å². The molecule has 1 amide bonds. The molecule has 3 heteroatoms. The summed E-state index contributed by atoms with van der Waals surface area (Å²) in [4.78, 5) is 14.1. The SMILES string of the molecule is CCCCC(=O)NCC1CCN(CC(C)C)CC1. The van der Waals surface area contributed by atoms with Gasteiger partial charge in [-0.15, -0.1) is 0 Å². The lowest BCUT2D eigenvalue weighted by molar-refractivity contribution is -0.121. The highest BCUT2D eigenvalue weighted by Crippen LogP contribution is 2.17. The Labute approximate surface area is 112 Å². The van der Waals surface area contributed by atoms with E-state index in [0.717, 1.165) is 25.3 Å². The Bertz CT molecular complexity index is 233. The molecule has 1 fully saturated rings. The second kappa shape index (κ2) is 8.52. The first-order valence-corrected chi connectivity index (χ1v) is 7.60. The van der Waals surface area contributed by atoms with Gasteiger partial charge in [-0.1, -0.05) is 27.2 Å². The predicted molar refractivity (Wildman–Crippen MR) is 76.5 cm³/mol. The molecule has 0 aromatic rings. The monoisotopic (exact) mass is 254 g/mol. The number of amides is 1. The van der Waals surface area contributed by atoms with Gasteiger partial charge in [0.2, 0.25) is 5.91 Å². The van der Waals surface area contributed by atoms with Crippen molar-refractivity contribution in [3.63, 3.8) is 0 Å². The van der Waals surface area contributed by atoms with Gasteiger partial charge < -0.3 is 10.2 Å². The van der Waals surface area contributed by atoms with Crippen LogP contribution in [-0.2, 0) is 4.79 Å². The summed E-state index contributed by atoms with van der Waals surface area (Å²) < 4.78 is 0. The molecule has 0 aromatic carbocycles. The first kappa shape index (κ1) is 15.5. The molecule has 0 aliphatic carbocycles. The Morgan fingerprint density at radius 1 is 1.33 bits per heavy atom. The van der Waals surface area contributed by atoms with E-state index in [1.165, 1.54) is 32.5 Å². The van der Waals surface area contributed by atoms with E-state index >= 15 is 0 Å². The molecule has 1 N–H and O–H groups in total. The summed E-state index contributed by atoms with van der Waals surface area (Å²) in [5, 5.41) is 3.09. The van der Waals surface area contributed by atoms with Gasteiger partial charge in [0.25, 0.3) is 0 Å². The van der Waals surface area contributed by atoms with Gasteiger partial charge in [0.1, 0.15) is 0 Å². The van der Waals surface area contributed by atoms with Gasteiger partial charge in [0, 0.05) is 19.5 Å². The fraction of sp³-hybridized carbons (Fsp3) is 0.933.